The van der Waals surface area contributed by atoms with Crippen LogP contribution < -0.4 is 4.74 Å². The highest BCUT2D eigenvalue weighted by atomic mass is 16.5. The maximum atomic E-state index is 11.1. The summed E-state index contributed by atoms with van der Waals surface area (Å²) in [6, 6.07) is 24.8. The van der Waals surface area contributed by atoms with Gasteiger partial charge in [0.25, 0.3) is 0 Å². The third-order valence-electron chi connectivity index (χ3n) is 5.27. The van der Waals surface area contributed by atoms with Gasteiger partial charge in [-0.05, 0) is 66.6 Å². The van der Waals surface area contributed by atoms with Crippen molar-refractivity contribution in [1.82, 2.24) is 0 Å². The first-order valence-electron chi connectivity index (χ1n) is 10.2. The minimum atomic E-state index is -0.917. The summed E-state index contributed by atoms with van der Waals surface area (Å²) in [5.74, 6) is 0.173. The van der Waals surface area contributed by atoms with E-state index in [1.807, 2.05) is 60.7 Å². The van der Waals surface area contributed by atoms with Crippen molar-refractivity contribution in [2.24, 2.45) is 5.92 Å². The van der Waals surface area contributed by atoms with Crippen molar-refractivity contribution in [3.8, 4) is 11.8 Å². The molecule has 0 aliphatic rings. The summed E-state index contributed by atoms with van der Waals surface area (Å²) in [5, 5.41) is 18.1. The predicted molar refractivity (Wildman–Crippen MR) is 122 cm³/mol. The number of aryl methyl sites for hydroxylation is 1. The Morgan fingerprint density at radius 1 is 1.03 bits per heavy atom. The quantitative estimate of drug-likeness (QED) is 0.485. The third kappa shape index (κ3) is 6.32. The second kappa shape index (κ2) is 10.8. The number of carboxylic acid groups (broad SMARTS) is 1. The fraction of sp³-hybridized carbons (Fsp3) is 0.185. The average molecular weight is 412 g/mol. The number of hydrogen-bond donors (Lipinski definition) is 1. The number of nitriles is 1. The van der Waals surface area contributed by atoms with Gasteiger partial charge >= 0.3 is 5.97 Å². The molecule has 0 aromatic heterocycles. The highest BCUT2D eigenvalue weighted by Crippen LogP contribution is 2.23. The Bertz CT molecular complexity index is 1080. The topological polar surface area (TPSA) is 70.3 Å². The molecule has 0 fully saturated rings. The average Bonchev–Trinajstić information content (AvgIpc) is 2.81. The molecule has 0 saturated heterocycles. The smallest absolute Gasteiger partial charge is 0.335 e. The number of aromatic carboxylic acids is 1. The van der Waals surface area contributed by atoms with Crippen LogP contribution in [0, 0.1) is 17.2 Å². The van der Waals surface area contributed by atoms with Crippen LogP contribution in [0.1, 0.15) is 39.0 Å². The van der Waals surface area contributed by atoms with E-state index >= 15 is 0 Å². The van der Waals surface area contributed by atoms with Gasteiger partial charge in [0.15, 0.2) is 0 Å². The van der Waals surface area contributed by atoms with Crippen LogP contribution in [0.4, 0.5) is 0 Å². The Labute approximate surface area is 183 Å². The zero-order valence-electron chi connectivity index (χ0n) is 17.5. The van der Waals surface area contributed by atoms with E-state index < -0.39 is 5.97 Å². The Morgan fingerprint density at radius 2 is 1.71 bits per heavy atom. The molecule has 4 heteroatoms. The van der Waals surface area contributed by atoms with E-state index in [-0.39, 0.29) is 5.92 Å². The van der Waals surface area contributed by atoms with Gasteiger partial charge in [0.05, 0.1) is 24.3 Å². The van der Waals surface area contributed by atoms with E-state index in [0.29, 0.717) is 11.1 Å². The number of benzene rings is 3. The van der Waals surface area contributed by atoms with E-state index in [0.717, 1.165) is 36.1 Å². The number of hydrogen-bond acceptors (Lipinski definition) is 3. The highest BCUT2D eigenvalue weighted by Gasteiger charge is 2.10. The summed E-state index contributed by atoms with van der Waals surface area (Å²) < 4.78 is 5.45. The summed E-state index contributed by atoms with van der Waals surface area (Å²) in [5.41, 5.74) is 4.27. The van der Waals surface area contributed by atoms with E-state index in [1.54, 1.807) is 19.2 Å². The molecule has 3 aromatic rings. The lowest BCUT2D eigenvalue weighted by molar-refractivity contribution is 0.0697. The zero-order chi connectivity index (χ0) is 22.1. The molecule has 0 aliphatic carbocycles. The predicted octanol–water partition coefficient (Wildman–Crippen LogP) is 5.77. The molecule has 0 amide bonds. The highest BCUT2D eigenvalue weighted by molar-refractivity contribution is 5.87. The van der Waals surface area contributed by atoms with Crippen LogP contribution in [0.5, 0.6) is 5.75 Å². The Morgan fingerprint density at radius 3 is 2.35 bits per heavy atom. The second-order valence-corrected chi connectivity index (χ2v) is 7.41. The molecule has 0 saturated carbocycles. The molecule has 31 heavy (non-hydrogen) atoms. The number of carbonyl (C=O) groups is 1. The number of rotatable bonds is 9. The van der Waals surface area contributed by atoms with E-state index in [9.17, 15) is 4.79 Å². The van der Waals surface area contributed by atoms with Gasteiger partial charge in [0.1, 0.15) is 5.75 Å². The molecule has 1 atom stereocenters. The maximum absolute atomic E-state index is 11.1. The third-order valence-corrected chi connectivity index (χ3v) is 5.27. The molecule has 4 nitrogen and oxygen atoms in total. The van der Waals surface area contributed by atoms with Crippen LogP contribution in [0.15, 0.2) is 78.9 Å². The fourth-order valence-corrected chi connectivity index (χ4v) is 3.49. The van der Waals surface area contributed by atoms with Crippen molar-refractivity contribution < 1.29 is 14.6 Å². The van der Waals surface area contributed by atoms with E-state index in [4.69, 9.17) is 15.1 Å². The SMILES string of the molecule is COc1ccccc1/C=C/C(CCc1ccc(C#N)cc1)Cc1ccc(C(=O)O)cc1. The number of carboxylic acids is 1. The van der Waals surface area contributed by atoms with Crippen LogP contribution in [-0.4, -0.2) is 18.2 Å². The van der Waals surface area contributed by atoms with Crippen molar-refractivity contribution >= 4 is 12.0 Å². The van der Waals surface area contributed by atoms with Gasteiger partial charge in [-0.15, -0.1) is 0 Å². The van der Waals surface area contributed by atoms with E-state index in [2.05, 4.69) is 18.2 Å². The molecule has 3 aromatic carbocycles. The summed E-state index contributed by atoms with van der Waals surface area (Å²) in [6.07, 6.45) is 6.92. The van der Waals surface area contributed by atoms with Crippen molar-refractivity contribution in [3.05, 3.63) is 107 Å². The molecule has 0 aliphatic heterocycles. The monoisotopic (exact) mass is 411 g/mol. The standard InChI is InChI=1S/C27H25NO3/c1-31-26-5-3-2-4-24(26)15-12-21(9-6-20-7-10-23(19-28)11-8-20)18-22-13-16-25(17-14-22)27(29)30/h2-5,7-8,10-17,21H,6,9,18H2,1H3,(H,29,30)/b15-12+. The molecule has 0 bridgehead atoms. The molecule has 0 radical (unpaired) electrons. The first kappa shape index (κ1) is 21.9. The largest absolute Gasteiger partial charge is 0.496 e. The molecule has 1 unspecified atom stereocenters. The minimum absolute atomic E-state index is 0.260. The molecule has 3 rings (SSSR count). The summed E-state index contributed by atoms with van der Waals surface area (Å²) in [4.78, 5) is 11.1. The van der Waals surface area contributed by atoms with Crippen molar-refractivity contribution in [2.45, 2.75) is 19.3 Å². The summed E-state index contributed by atoms with van der Waals surface area (Å²) >= 11 is 0. The first-order chi connectivity index (χ1) is 15.1. The summed E-state index contributed by atoms with van der Waals surface area (Å²) in [7, 11) is 1.67. The molecule has 156 valence electrons. The Hall–Kier alpha value is -3.84. The number of allylic oxidation sites excluding steroid dienone is 1. The normalized spacial score (nSPS) is 11.7. The Balaban J connectivity index is 1.77. The summed E-state index contributed by atoms with van der Waals surface area (Å²) in [6.45, 7) is 0. The van der Waals surface area contributed by atoms with Crippen LogP contribution >= 0.6 is 0 Å². The minimum Gasteiger partial charge on any atom is -0.496 e. The fourth-order valence-electron chi connectivity index (χ4n) is 3.49. The Kier molecular flexibility index (Phi) is 7.61. The lowest BCUT2D eigenvalue weighted by atomic mass is 9.91. The van der Waals surface area contributed by atoms with Gasteiger partial charge in [0.2, 0.25) is 0 Å². The second-order valence-electron chi connectivity index (χ2n) is 7.41. The van der Waals surface area contributed by atoms with Gasteiger partial charge in [-0.3, -0.25) is 0 Å². The lowest BCUT2D eigenvalue weighted by Gasteiger charge is -2.14. The van der Waals surface area contributed by atoms with Gasteiger partial charge < -0.3 is 9.84 Å². The molecular formula is C27H25NO3. The van der Waals surface area contributed by atoms with Gasteiger partial charge in [-0.1, -0.05) is 54.6 Å². The van der Waals surface area contributed by atoms with Crippen LogP contribution in [0.2, 0.25) is 0 Å². The van der Waals surface area contributed by atoms with E-state index in [1.165, 1.54) is 5.56 Å². The number of para-hydroxylation sites is 1. The van der Waals surface area contributed by atoms with Gasteiger partial charge in [-0.2, -0.15) is 5.26 Å². The van der Waals surface area contributed by atoms with Crippen molar-refractivity contribution in [2.75, 3.05) is 7.11 Å². The van der Waals surface area contributed by atoms with Crippen molar-refractivity contribution in [3.63, 3.8) is 0 Å². The van der Waals surface area contributed by atoms with Gasteiger partial charge in [0, 0.05) is 5.56 Å². The van der Waals surface area contributed by atoms with Crippen molar-refractivity contribution in [1.29, 1.82) is 5.26 Å². The molecule has 1 N–H and O–H groups in total. The first-order valence-corrected chi connectivity index (χ1v) is 10.2. The molecule has 0 heterocycles. The van der Waals surface area contributed by atoms with Crippen LogP contribution in [0.3, 0.4) is 0 Å². The lowest BCUT2D eigenvalue weighted by Crippen LogP contribution is -2.04. The molecular weight excluding hydrogens is 386 g/mol. The molecule has 0 spiro atoms. The van der Waals surface area contributed by atoms with Crippen LogP contribution in [0.25, 0.3) is 6.08 Å². The van der Waals surface area contributed by atoms with Crippen LogP contribution in [-0.2, 0) is 12.8 Å². The zero-order valence-corrected chi connectivity index (χ0v) is 17.5. The number of methoxy groups -OCH3 is 1. The number of ether oxygens (including phenoxy) is 1. The number of nitrogens with zero attached hydrogens (tertiary/aromatic N) is 1. The maximum Gasteiger partial charge on any atom is 0.335 e. The van der Waals surface area contributed by atoms with Gasteiger partial charge in [-0.25, -0.2) is 4.79 Å².